The number of aryl methyl sites for hydroxylation is 2. The number of rotatable bonds is 6. The van der Waals surface area contributed by atoms with E-state index in [4.69, 9.17) is 4.74 Å². The first-order valence-electron chi connectivity index (χ1n) is 10.5. The monoisotopic (exact) mass is 450 g/mol. The van der Waals surface area contributed by atoms with Crippen molar-refractivity contribution in [3.05, 3.63) is 56.4 Å². The average molecular weight is 451 g/mol. The van der Waals surface area contributed by atoms with E-state index in [1.165, 1.54) is 11.3 Å². The number of aromatic amines is 1. The van der Waals surface area contributed by atoms with Crippen LogP contribution in [0.25, 0.3) is 10.9 Å². The van der Waals surface area contributed by atoms with Gasteiger partial charge in [-0.25, -0.2) is 4.98 Å². The number of aromatic nitrogens is 2. The van der Waals surface area contributed by atoms with Gasteiger partial charge in [0, 0.05) is 11.3 Å². The number of nitrogens with zero attached hydrogens (tertiary/aromatic N) is 2. The van der Waals surface area contributed by atoms with Crippen LogP contribution in [0.3, 0.4) is 0 Å². The van der Waals surface area contributed by atoms with Gasteiger partial charge in [-0.3, -0.25) is 14.4 Å². The molecule has 0 bridgehead atoms. The highest BCUT2D eigenvalue weighted by Gasteiger charge is 2.21. The number of fused-ring (bicyclic) bond motifs is 2. The van der Waals surface area contributed by atoms with Gasteiger partial charge in [0.05, 0.1) is 22.9 Å². The van der Waals surface area contributed by atoms with Gasteiger partial charge in [-0.1, -0.05) is 18.6 Å². The summed E-state index contributed by atoms with van der Waals surface area (Å²) in [4.78, 5) is 44.6. The molecule has 0 saturated carbocycles. The van der Waals surface area contributed by atoms with Crippen molar-refractivity contribution in [3.8, 4) is 6.07 Å². The van der Waals surface area contributed by atoms with E-state index in [2.05, 4.69) is 21.4 Å². The molecule has 0 spiro atoms. The predicted molar refractivity (Wildman–Crippen MR) is 121 cm³/mol. The van der Waals surface area contributed by atoms with Crippen LogP contribution in [0.4, 0.5) is 5.00 Å². The van der Waals surface area contributed by atoms with Gasteiger partial charge in [0.2, 0.25) is 0 Å². The van der Waals surface area contributed by atoms with Crippen LogP contribution in [-0.4, -0.2) is 28.5 Å². The van der Waals surface area contributed by atoms with Crippen molar-refractivity contribution in [2.75, 3.05) is 11.9 Å². The molecule has 0 fully saturated rings. The number of esters is 1. The number of amides is 1. The van der Waals surface area contributed by atoms with Gasteiger partial charge in [0.25, 0.3) is 11.5 Å². The molecule has 32 heavy (non-hydrogen) atoms. The molecule has 3 aromatic rings. The fourth-order valence-electron chi connectivity index (χ4n) is 3.80. The molecule has 1 amide bonds. The molecule has 9 heteroatoms. The zero-order valence-electron chi connectivity index (χ0n) is 17.4. The predicted octanol–water partition coefficient (Wildman–Crippen LogP) is 3.24. The van der Waals surface area contributed by atoms with Gasteiger partial charge in [0.15, 0.2) is 6.61 Å². The molecule has 0 saturated heterocycles. The minimum absolute atomic E-state index is 0.0225. The highest BCUT2D eigenvalue weighted by atomic mass is 32.1. The van der Waals surface area contributed by atoms with Gasteiger partial charge in [0.1, 0.15) is 16.9 Å². The van der Waals surface area contributed by atoms with E-state index in [1.807, 2.05) is 0 Å². The first-order chi connectivity index (χ1) is 15.5. The molecule has 2 heterocycles. The van der Waals surface area contributed by atoms with Crippen molar-refractivity contribution < 1.29 is 14.3 Å². The molecule has 0 aliphatic heterocycles. The van der Waals surface area contributed by atoms with Crippen LogP contribution in [0.2, 0.25) is 0 Å². The van der Waals surface area contributed by atoms with Crippen molar-refractivity contribution >= 4 is 39.1 Å². The van der Waals surface area contributed by atoms with E-state index in [-0.39, 0.29) is 18.4 Å². The fraction of sp³-hybridized carbons (Fsp3) is 0.348. The van der Waals surface area contributed by atoms with Gasteiger partial charge in [-0.15, -0.1) is 11.3 Å². The van der Waals surface area contributed by atoms with Gasteiger partial charge in [-0.2, -0.15) is 5.26 Å². The SMILES string of the molecule is N#Cc1c(NC(=O)COC(=O)CCc2nc3ccccc3c(=O)[nH]2)sc2c1CCCCC2. The van der Waals surface area contributed by atoms with Gasteiger partial charge < -0.3 is 15.0 Å². The van der Waals surface area contributed by atoms with Crippen molar-refractivity contribution in [1.29, 1.82) is 5.26 Å². The summed E-state index contributed by atoms with van der Waals surface area (Å²) in [5.74, 6) is -0.671. The molecule has 1 aliphatic carbocycles. The van der Waals surface area contributed by atoms with Crippen LogP contribution in [0.15, 0.2) is 29.1 Å². The smallest absolute Gasteiger partial charge is 0.306 e. The van der Waals surface area contributed by atoms with Crippen molar-refractivity contribution in [1.82, 2.24) is 9.97 Å². The molecule has 0 atom stereocenters. The Labute approximate surface area is 188 Å². The summed E-state index contributed by atoms with van der Waals surface area (Å²) in [5, 5.41) is 13.3. The zero-order chi connectivity index (χ0) is 22.5. The number of anilines is 1. The molecular formula is C23H22N4O4S. The molecule has 1 aromatic carbocycles. The van der Waals surface area contributed by atoms with E-state index < -0.39 is 18.5 Å². The Morgan fingerprint density at radius 3 is 2.88 bits per heavy atom. The van der Waals surface area contributed by atoms with Crippen LogP contribution < -0.4 is 10.9 Å². The van der Waals surface area contributed by atoms with Crippen LogP contribution in [0.1, 0.15) is 47.5 Å². The quantitative estimate of drug-likeness (QED) is 0.439. The highest BCUT2D eigenvalue weighted by Crippen LogP contribution is 2.36. The lowest BCUT2D eigenvalue weighted by atomic mass is 10.1. The fourth-order valence-corrected chi connectivity index (χ4v) is 5.06. The second-order valence-corrected chi connectivity index (χ2v) is 8.72. The van der Waals surface area contributed by atoms with Gasteiger partial charge in [-0.05, 0) is 43.4 Å². The van der Waals surface area contributed by atoms with Crippen LogP contribution in [0.5, 0.6) is 0 Å². The molecule has 0 unspecified atom stereocenters. The Morgan fingerprint density at radius 2 is 2.03 bits per heavy atom. The second kappa shape index (κ2) is 9.75. The maximum absolute atomic E-state index is 12.3. The molecule has 164 valence electrons. The van der Waals surface area contributed by atoms with E-state index in [9.17, 15) is 19.6 Å². The number of carbonyl (C=O) groups excluding carboxylic acids is 2. The number of benzene rings is 1. The maximum Gasteiger partial charge on any atom is 0.306 e. The lowest BCUT2D eigenvalue weighted by Crippen LogP contribution is -2.21. The number of ether oxygens (including phenoxy) is 1. The number of nitrogens with one attached hydrogen (secondary N) is 2. The van der Waals surface area contributed by atoms with E-state index in [1.54, 1.807) is 24.3 Å². The van der Waals surface area contributed by atoms with Crippen molar-refractivity contribution in [2.24, 2.45) is 0 Å². The Morgan fingerprint density at radius 1 is 1.22 bits per heavy atom. The molecule has 2 aromatic heterocycles. The van der Waals surface area contributed by atoms with Gasteiger partial charge >= 0.3 is 5.97 Å². The summed E-state index contributed by atoms with van der Waals surface area (Å²) < 4.78 is 5.06. The number of para-hydroxylation sites is 1. The van der Waals surface area contributed by atoms with Crippen molar-refractivity contribution in [2.45, 2.75) is 44.9 Å². The summed E-state index contributed by atoms with van der Waals surface area (Å²) in [6.07, 6.45) is 5.21. The normalized spacial score (nSPS) is 13.1. The van der Waals surface area contributed by atoms with E-state index in [0.29, 0.717) is 27.3 Å². The number of hydrogen-bond donors (Lipinski definition) is 2. The first-order valence-corrected chi connectivity index (χ1v) is 11.3. The molecule has 4 rings (SSSR count). The number of thiophene rings is 1. The molecule has 0 radical (unpaired) electrons. The van der Waals surface area contributed by atoms with Crippen LogP contribution >= 0.6 is 11.3 Å². The third-order valence-corrected chi connectivity index (χ3v) is 6.59. The summed E-state index contributed by atoms with van der Waals surface area (Å²) in [5.41, 5.74) is 1.86. The molecule has 2 N–H and O–H groups in total. The summed E-state index contributed by atoms with van der Waals surface area (Å²) in [6.45, 7) is -0.437. The minimum Gasteiger partial charge on any atom is -0.456 e. The molecule has 8 nitrogen and oxygen atoms in total. The second-order valence-electron chi connectivity index (χ2n) is 7.62. The standard InChI is InChI=1S/C23H22N4O4S/c24-12-16-14-6-2-1-3-9-18(14)32-23(16)27-20(28)13-31-21(29)11-10-19-25-17-8-5-4-7-15(17)22(30)26-19/h4-5,7-8H,1-3,6,9-11,13H2,(H,27,28)(H,25,26,30). The number of carbonyl (C=O) groups is 2. The summed E-state index contributed by atoms with van der Waals surface area (Å²) in [7, 11) is 0. The maximum atomic E-state index is 12.3. The third kappa shape index (κ3) is 4.86. The Hall–Kier alpha value is -3.51. The summed E-state index contributed by atoms with van der Waals surface area (Å²) in [6, 6.07) is 9.17. The van der Waals surface area contributed by atoms with Crippen LogP contribution in [0, 0.1) is 11.3 Å². The number of nitriles is 1. The lowest BCUT2D eigenvalue weighted by molar-refractivity contribution is -0.147. The summed E-state index contributed by atoms with van der Waals surface area (Å²) >= 11 is 1.44. The number of hydrogen-bond acceptors (Lipinski definition) is 7. The topological polar surface area (TPSA) is 125 Å². The third-order valence-electron chi connectivity index (χ3n) is 5.38. The minimum atomic E-state index is -0.571. The largest absolute Gasteiger partial charge is 0.456 e. The zero-order valence-corrected chi connectivity index (χ0v) is 18.2. The lowest BCUT2D eigenvalue weighted by Gasteiger charge is -2.06. The van der Waals surface area contributed by atoms with E-state index >= 15 is 0 Å². The van der Waals surface area contributed by atoms with E-state index in [0.717, 1.165) is 42.5 Å². The molecule has 1 aliphatic rings. The van der Waals surface area contributed by atoms with Crippen LogP contribution in [-0.2, 0) is 33.6 Å². The highest BCUT2D eigenvalue weighted by molar-refractivity contribution is 7.16. The number of H-pyrrole nitrogens is 1. The average Bonchev–Trinajstić information content (AvgIpc) is 2.95. The Bertz CT molecular complexity index is 1270. The van der Waals surface area contributed by atoms with Crippen molar-refractivity contribution in [3.63, 3.8) is 0 Å². The Balaban J connectivity index is 1.31. The Kier molecular flexibility index (Phi) is 6.61. The first kappa shape index (κ1) is 21.7. The molecular weight excluding hydrogens is 428 g/mol.